The van der Waals surface area contributed by atoms with Crippen LogP contribution < -0.4 is 10.6 Å². The summed E-state index contributed by atoms with van der Waals surface area (Å²) in [4.78, 5) is 25.4. The number of hydrogen-bond donors (Lipinski definition) is 3. The summed E-state index contributed by atoms with van der Waals surface area (Å²) in [5.74, 6) is -0.626. The summed E-state index contributed by atoms with van der Waals surface area (Å²) in [7, 11) is 0. The lowest BCUT2D eigenvalue weighted by atomic mass is 9.82. The van der Waals surface area contributed by atoms with Crippen molar-refractivity contribution < 1.29 is 27.9 Å². The van der Waals surface area contributed by atoms with E-state index in [1.165, 1.54) is 35.0 Å². The molecule has 0 radical (unpaired) electrons. The van der Waals surface area contributed by atoms with Gasteiger partial charge in [0.2, 0.25) is 0 Å². The molecule has 0 aliphatic heterocycles. The van der Waals surface area contributed by atoms with Crippen LogP contribution in [0.5, 0.6) is 5.75 Å². The molecule has 0 unspecified atom stereocenters. The van der Waals surface area contributed by atoms with Crippen molar-refractivity contribution in [3.63, 3.8) is 0 Å². The summed E-state index contributed by atoms with van der Waals surface area (Å²) in [6.07, 6.45) is 0.268. The highest BCUT2D eigenvalue weighted by molar-refractivity contribution is 6.04. The molecule has 0 atom stereocenters. The first-order valence-corrected chi connectivity index (χ1v) is 11.4. The normalized spacial score (nSPS) is 16.0. The number of phenols is 1. The second-order valence-corrected chi connectivity index (χ2v) is 8.98. The smallest absolute Gasteiger partial charge is 0.416 e. The zero-order valence-corrected chi connectivity index (χ0v) is 18.6. The van der Waals surface area contributed by atoms with Gasteiger partial charge in [0.1, 0.15) is 5.75 Å². The fourth-order valence-corrected chi connectivity index (χ4v) is 4.01. The summed E-state index contributed by atoms with van der Waals surface area (Å²) in [5, 5.41) is 20.4. The number of carbonyl (C=O) groups is 2. The second kappa shape index (κ2) is 8.75. The highest BCUT2D eigenvalue weighted by Gasteiger charge is 2.32. The fourth-order valence-electron chi connectivity index (χ4n) is 4.01. The Bertz CT molecular complexity index is 1290. The van der Waals surface area contributed by atoms with Crippen LogP contribution in [0.2, 0.25) is 0 Å². The Kier molecular flexibility index (Phi) is 5.74. The van der Waals surface area contributed by atoms with Crippen molar-refractivity contribution in [2.24, 2.45) is 0 Å². The molecule has 0 spiro atoms. The van der Waals surface area contributed by atoms with E-state index in [4.69, 9.17) is 0 Å². The van der Waals surface area contributed by atoms with Gasteiger partial charge in [0, 0.05) is 28.8 Å². The Hall–Kier alpha value is -3.82. The molecule has 3 N–H and O–H groups in total. The van der Waals surface area contributed by atoms with Crippen LogP contribution in [-0.2, 0) is 6.18 Å². The summed E-state index contributed by atoms with van der Waals surface area (Å²) in [6.45, 7) is 0. The highest BCUT2D eigenvalue weighted by atomic mass is 19.4. The largest absolute Gasteiger partial charge is 0.507 e. The van der Waals surface area contributed by atoms with Gasteiger partial charge < -0.3 is 15.7 Å². The zero-order valence-electron chi connectivity index (χ0n) is 18.6. The third-order valence-electron chi connectivity index (χ3n) is 6.34. The van der Waals surface area contributed by atoms with Crippen molar-refractivity contribution in [1.82, 2.24) is 15.1 Å². The molecule has 1 aromatic heterocycles. The Morgan fingerprint density at radius 2 is 1.80 bits per heavy atom. The van der Waals surface area contributed by atoms with Crippen molar-refractivity contribution in [1.29, 1.82) is 0 Å². The van der Waals surface area contributed by atoms with Crippen LogP contribution in [0, 0.1) is 0 Å². The molecule has 5 rings (SSSR count). The number of anilines is 1. The molecule has 2 amide bonds. The van der Waals surface area contributed by atoms with Gasteiger partial charge in [-0.1, -0.05) is 12.5 Å². The molecule has 3 aromatic rings. The minimum atomic E-state index is -4.56. The molecule has 182 valence electrons. The number of aromatic hydroxyl groups is 1. The van der Waals surface area contributed by atoms with Gasteiger partial charge in [-0.2, -0.15) is 23.0 Å². The first kappa shape index (κ1) is 22.9. The second-order valence-electron chi connectivity index (χ2n) is 8.98. The number of phenolic OH excluding ortho intramolecular Hbond substituents is 1. The Morgan fingerprint density at radius 1 is 1.03 bits per heavy atom. The third kappa shape index (κ3) is 4.87. The maximum absolute atomic E-state index is 13.0. The predicted octanol–water partition coefficient (Wildman–Crippen LogP) is 5.51. The van der Waals surface area contributed by atoms with Crippen LogP contribution in [0.25, 0.3) is 11.3 Å². The van der Waals surface area contributed by atoms with E-state index >= 15 is 0 Å². The number of benzene rings is 2. The Morgan fingerprint density at radius 3 is 2.46 bits per heavy atom. The minimum Gasteiger partial charge on any atom is -0.507 e. The maximum Gasteiger partial charge on any atom is 0.416 e. The van der Waals surface area contributed by atoms with Crippen molar-refractivity contribution in [2.45, 2.75) is 50.2 Å². The SMILES string of the molecule is O=C(Nc1ccc(O)c(-c2cc(C3CCC3)n(C(=O)NC3CC3)n2)c1)c1cccc(C(F)(F)F)c1. The fraction of sp³-hybridized carbons (Fsp3) is 0.320. The number of carbonyl (C=O) groups excluding carboxylic acids is 2. The number of aromatic nitrogens is 2. The van der Waals surface area contributed by atoms with Gasteiger partial charge in [-0.3, -0.25) is 4.79 Å². The first-order chi connectivity index (χ1) is 16.7. The van der Waals surface area contributed by atoms with Crippen LogP contribution in [0.15, 0.2) is 48.5 Å². The molecular weight excluding hydrogens is 461 g/mol. The van der Waals surface area contributed by atoms with Gasteiger partial charge in [-0.15, -0.1) is 0 Å². The molecule has 2 fully saturated rings. The van der Waals surface area contributed by atoms with E-state index in [0.29, 0.717) is 11.3 Å². The third-order valence-corrected chi connectivity index (χ3v) is 6.34. The number of nitrogens with one attached hydrogen (secondary N) is 2. The van der Waals surface area contributed by atoms with E-state index in [-0.39, 0.29) is 35.0 Å². The molecule has 10 heteroatoms. The van der Waals surface area contributed by atoms with Gasteiger partial charge in [0.15, 0.2) is 0 Å². The quantitative estimate of drug-likeness (QED) is 0.416. The zero-order chi connectivity index (χ0) is 24.7. The van der Waals surface area contributed by atoms with E-state index in [9.17, 15) is 27.9 Å². The predicted molar refractivity (Wildman–Crippen MR) is 122 cm³/mol. The Labute approximate surface area is 199 Å². The molecule has 35 heavy (non-hydrogen) atoms. The number of nitrogens with zero attached hydrogens (tertiary/aromatic N) is 2. The van der Waals surface area contributed by atoms with E-state index in [1.807, 2.05) is 0 Å². The molecule has 2 aliphatic carbocycles. The first-order valence-electron chi connectivity index (χ1n) is 11.4. The maximum atomic E-state index is 13.0. The molecule has 0 saturated heterocycles. The number of amides is 2. The average Bonchev–Trinajstić information content (AvgIpc) is 3.49. The van der Waals surface area contributed by atoms with E-state index < -0.39 is 17.6 Å². The molecule has 2 aliphatic rings. The summed E-state index contributed by atoms with van der Waals surface area (Å²) in [5.41, 5.74) is 0.623. The van der Waals surface area contributed by atoms with Gasteiger partial charge in [0.25, 0.3) is 5.91 Å². The number of rotatable bonds is 5. The molecular formula is C25H23F3N4O3. The van der Waals surface area contributed by atoms with E-state index in [2.05, 4.69) is 15.7 Å². The van der Waals surface area contributed by atoms with Crippen molar-refractivity contribution in [3.05, 3.63) is 65.4 Å². The van der Waals surface area contributed by atoms with Crippen molar-refractivity contribution in [3.8, 4) is 17.0 Å². The lowest BCUT2D eigenvalue weighted by molar-refractivity contribution is -0.137. The van der Waals surface area contributed by atoms with Gasteiger partial charge >= 0.3 is 12.2 Å². The van der Waals surface area contributed by atoms with Crippen LogP contribution >= 0.6 is 0 Å². The van der Waals surface area contributed by atoms with Gasteiger partial charge in [0.05, 0.1) is 17.0 Å². The number of alkyl halides is 3. The average molecular weight is 484 g/mol. The van der Waals surface area contributed by atoms with Crippen LogP contribution in [0.4, 0.5) is 23.7 Å². The lowest BCUT2D eigenvalue weighted by Gasteiger charge is -2.25. The van der Waals surface area contributed by atoms with Gasteiger partial charge in [-0.05, 0) is 68.1 Å². The summed E-state index contributed by atoms with van der Waals surface area (Å²) < 4.78 is 40.3. The van der Waals surface area contributed by atoms with Crippen molar-refractivity contribution >= 4 is 17.6 Å². The summed E-state index contributed by atoms with van der Waals surface area (Å²) in [6, 6.07) is 10.0. The molecule has 2 saturated carbocycles. The molecule has 2 aromatic carbocycles. The minimum absolute atomic E-state index is 0.102. The number of halogens is 3. The highest BCUT2D eigenvalue weighted by Crippen LogP contribution is 2.39. The van der Waals surface area contributed by atoms with Crippen LogP contribution in [0.3, 0.4) is 0 Å². The molecule has 7 nitrogen and oxygen atoms in total. The molecule has 1 heterocycles. The number of hydrogen-bond acceptors (Lipinski definition) is 4. The lowest BCUT2D eigenvalue weighted by Crippen LogP contribution is -2.33. The standard InChI is InChI=1S/C25H23F3N4O3/c26-25(27,28)16-6-2-5-15(11-16)23(34)29-18-9-10-22(33)19(12-18)20-13-21(14-3-1-4-14)32(31-20)24(35)30-17-7-8-17/h2,5-6,9-14,17,33H,1,3-4,7-8H2,(H,29,34)(H,30,35). The monoisotopic (exact) mass is 484 g/mol. The van der Waals surface area contributed by atoms with E-state index in [1.54, 1.807) is 6.07 Å². The van der Waals surface area contributed by atoms with Crippen molar-refractivity contribution in [2.75, 3.05) is 5.32 Å². The van der Waals surface area contributed by atoms with Crippen LogP contribution in [0.1, 0.15) is 59.6 Å². The topological polar surface area (TPSA) is 96.2 Å². The summed E-state index contributed by atoms with van der Waals surface area (Å²) >= 11 is 0. The Balaban J connectivity index is 1.42. The van der Waals surface area contributed by atoms with Crippen LogP contribution in [-0.4, -0.2) is 32.9 Å². The molecule has 0 bridgehead atoms. The van der Waals surface area contributed by atoms with Gasteiger partial charge in [-0.25, -0.2) is 4.79 Å². The van der Waals surface area contributed by atoms with E-state index in [0.717, 1.165) is 49.9 Å².